The summed E-state index contributed by atoms with van der Waals surface area (Å²) in [5.41, 5.74) is 2.40. The number of methoxy groups -OCH3 is 1. The van der Waals surface area contributed by atoms with Gasteiger partial charge in [0.2, 0.25) is 0 Å². The van der Waals surface area contributed by atoms with Crippen LogP contribution in [0.3, 0.4) is 0 Å². The molecule has 2 rings (SSSR count). The van der Waals surface area contributed by atoms with E-state index in [-0.39, 0.29) is 12.5 Å². The van der Waals surface area contributed by atoms with Crippen molar-refractivity contribution >= 4 is 5.91 Å². The van der Waals surface area contributed by atoms with Crippen LogP contribution in [0.25, 0.3) is 0 Å². The van der Waals surface area contributed by atoms with Crippen LogP contribution < -0.4 is 10.1 Å². The first-order valence-electron chi connectivity index (χ1n) is 7.83. The SMILES string of the molecule is COc1ccc(C(O)CNC(=O)c2cccc(CN(C)C)c2)cc1. The van der Waals surface area contributed by atoms with E-state index in [9.17, 15) is 9.90 Å². The second-order valence-electron chi connectivity index (χ2n) is 5.94. The number of rotatable bonds is 7. The molecule has 0 spiro atoms. The Hall–Kier alpha value is -2.37. The molecule has 2 aromatic carbocycles. The predicted molar refractivity (Wildman–Crippen MR) is 94.1 cm³/mol. The summed E-state index contributed by atoms with van der Waals surface area (Å²) in [5, 5.41) is 13.0. The minimum Gasteiger partial charge on any atom is -0.497 e. The van der Waals surface area contributed by atoms with Crippen LogP contribution in [0.5, 0.6) is 5.75 Å². The van der Waals surface area contributed by atoms with E-state index in [1.54, 1.807) is 37.4 Å². The Morgan fingerprint density at radius 2 is 1.92 bits per heavy atom. The number of aliphatic hydroxyl groups is 1. The van der Waals surface area contributed by atoms with Gasteiger partial charge < -0.3 is 20.1 Å². The number of hydrogen-bond donors (Lipinski definition) is 2. The molecule has 128 valence electrons. The van der Waals surface area contributed by atoms with Gasteiger partial charge in [-0.3, -0.25) is 4.79 Å². The van der Waals surface area contributed by atoms with Crippen molar-refractivity contribution in [2.75, 3.05) is 27.7 Å². The molecule has 2 aromatic rings. The molecule has 0 saturated carbocycles. The summed E-state index contributed by atoms with van der Waals surface area (Å²) in [5.74, 6) is 0.538. The maximum Gasteiger partial charge on any atom is 0.251 e. The summed E-state index contributed by atoms with van der Waals surface area (Å²) < 4.78 is 5.09. The van der Waals surface area contributed by atoms with Crippen molar-refractivity contribution in [1.82, 2.24) is 10.2 Å². The molecular weight excluding hydrogens is 304 g/mol. The topological polar surface area (TPSA) is 61.8 Å². The van der Waals surface area contributed by atoms with Crippen molar-refractivity contribution in [1.29, 1.82) is 0 Å². The average molecular weight is 328 g/mol. The van der Waals surface area contributed by atoms with Crippen molar-refractivity contribution in [2.45, 2.75) is 12.6 Å². The third-order valence-corrected chi connectivity index (χ3v) is 3.64. The highest BCUT2D eigenvalue weighted by atomic mass is 16.5. The van der Waals surface area contributed by atoms with Gasteiger partial charge in [-0.15, -0.1) is 0 Å². The van der Waals surface area contributed by atoms with Crippen LogP contribution in [0.1, 0.15) is 27.6 Å². The van der Waals surface area contributed by atoms with Gasteiger partial charge in [0.25, 0.3) is 5.91 Å². The normalized spacial score (nSPS) is 12.0. The number of nitrogens with zero attached hydrogens (tertiary/aromatic N) is 1. The molecular formula is C19H24N2O3. The molecule has 0 aliphatic carbocycles. The number of amides is 1. The summed E-state index contributed by atoms with van der Waals surface area (Å²) in [6.07, 6.45) is -0.759. The zero-order valence-electron chi connectivity index (χ0n) is 14.3. The molecule has 2 N–H and O–H groups in total. The Morgan fingerprint density at radius 3 is 2.54 bits per heavy atom. The van der Waals surface area contributed by atoms with E-state index in [0.717, 1.165) is 23.4 Å². The Balaban J connectivity index is 1.94. The molecule has 0 aromatic heterocycles. The van der Waals surface area contributed by atoms with Gasteiger partial charge in [-0.1, -0.05) is 24.3 Å². The lowest BCUT2D eigenvalue weighted by atomic mass is 10.1. The van der Waals surface area contributed by atoms with Crippen molar-refractivity contribution < 1.29 is 14.6 Å². The Morgan fingerprint density at radius 1 is 1.21 bits per heavy atom. The molecule has 0 bridgehead atoms. The van der Waals surface area contributed by atoms with E-state index in [4.69, 9.17) is 4.74 Å². The minimum atomic E-state index is -0.759. The highest BCUT2D eigenvalue weighted by molar-refractivity contribution is 5.94. The average Bonchev–Trinajstić information content (AvgIpc) is 2.59. The molecule has 5 nitrogen and oxygen atoms in total. The molecule has 24 heavy (non-hydrogen) atoms. The number of hydrogen-bond acceptors (Lipinski definition) is 4. The lowest BCUT2D eigenvalue weighted by Gasteiger charge is -2.14. The highest BCUT2D eigenvalue weighted by Gasteiger charge is 2.11. The minimum absolute atomic E-state index is 0.156. The van der Waals surface area contributed by atoms with Crippen LogP contribution in [0.4, 0.5) is 0 Å². The summed E-state index contributed by atoms with van der Waals surface area (Å²) in [7, 11) is 5.56. The summed E-state index contributed by atoms with van der Waals surface area (Å²) >= 11 is 0. The molecule has 0 fully saturated rings. The fourth-order valence-corrected chi connectivity index (χ4v) is 2.41. The molecule has 0 saturated heterocycles. The first-order chi connectivity index (χ1) is 11.5. The van der Waals surface area contributed by atoms with Crippen LogP contribution >= 0.6 is 0 Å². The quantitative estimate of drug-likeness (QED) is 0.818. The number of carbonyl (C=O) groups excluding carboxylic acids is 1. The zero-order chi connectivity index (χ0) is 17.5. The third-order valence-electron chi connectivity index (χ3n) is 3.64. The number of nitrogens with one attached hydrogen (secondary N) is 1. The van der Waals surface area contributed by atoms with E-state index in [2.05, 4.69) is 5.32 Å². The second-order valence-corrected chi connectivity index (χ2v) is 5.94. The fraction of sp³-hybridized carbons (Fsp3) is 0.316. The molecule has 1 atom stereocenters. The van der Waals surface area contributed by atoms with Gasteiger partial charge in [0.1, 0.15) is 5.75 Å². The number of aliphatic hydroxyl groups excluding tert-OH is 1. The molecule has 1 unspecified atom stereocenters. The highest BCUT2D eigenvalue weighted by Crippen LogP contribution is 2.17. The Labute approximate surface area is 142 Å². The first kappa shape index (κ1) is 18.0. The number of benzene rings is 2. The van der Waals surface area contributed by atoms with Crippen molar-refractivity contribution in [3.05, 3.63) is 65.2 Å². The lowest BCUT2D eigenvalue weighted by Crippen LogP contribution is -2.28. The predicted octanol–water partition coefficient (Wildman–Crippen LogP) is 2.22. The molecule has 0 aliphatic heterocycles. The number of ether oxygens (including phenoxy) is 1. The van der Waals surface area contributed by atoms with Gasteiger partial charge in [-0.25, -0.2) is 0 Å². The third kappa shape index (κ3) is 5.08. The summed E-state index contributed by atoms with van der Waals surface area (Å²) in [6.45, 7) is 0.929. The van der Waals surface area contributed by atoms with Gasteiger partial charge in [-0.2, -0.15) is 0 Å². The Bertz CT molecular complexity index is 669. The van der Waals surface area contributed by atoms with Crippen LogP contribution in [-0.4, -0.2) is 43.7 Å². The van der Waals surface area contributed by atoms with Gasteiger partial charge >= 0.3 is 0 Å². The smallest absolute Gasteiger partial charge is 0.251 e. The van der Waals surface area contributed by atoms with Crippen molar-refractivity contribution in [3.8, 4) is 5.75 Å². The van der Waals surface area contributed by atoms with Gasteiger partial charge in [0, 0.05) is 18.7 Å². The lowest BCUT2D eigenvalue weighted by molar-refractivity contribution is 0.0916. The second kappa shape index (κ2) is 8.47. The van der Waals surface area contributed by atoms with Gasteiger partial charge in [-0.05, 0) is 49.5 Å². The summed E-state index contributed by atoms with van der Waals surface area (Å²) in [6, 6.07) is 14.6. The Kier molecular flexibility index (Phi) is 6.35. The molecule has 0 radical (unpaired) electrons. The van der Waals surface area contributed by atoms with Crippen molar-refractivity contribution in [2.24, 2.45) is 0 Å². The van der Waals surface area contributed by atoms with E-state index >= 15 is 0 Å². The van der Waals surface area contributed by atoms with E-state index in [0.29, 0.717) is 5.56 Å². The van der Waals surface area contributed by atoms with Crippen LogP contribution in [0.15, 0.2) is 48.5 Å². The van der Waals surface area contributed by atoms with Crippen LogP contribution in [0, 0.1) is 0 Å². The maximum atomic E-state index is 12.3. The zero-order valence-corrected chi connectivity index (χ0v) is 14.3. The first-order valence-corrected chi connectivity index (χ1v) is 7.83. The monoisotopic (exact) mass is 328 g/mol. The molecule has 0 aliphatic rings. The van der Waals surface area contributed by atoms with Crippen LogP contribution in [0.2, 0.25) is 0 Å². The molecule has 0 heterocycles. The van der Waals surface area contributed by atoms with Crippen LogP contribution in [-0.2, 0) is 6.54 Å². The van der Waals surface area contributed by atoms with Gasteiger partial charge in [0.15, 0.2) is 0 Å². The summed E-state index contributed by atoms with van der Waals surface area (Å²) in [4.78, 5) is 14.3. The van der Waals surface area contributed by atoms with E-state index < -0.39 is 6.10 Å². The molecule has 1 amide bonds. The van der Waals surface area contributed by atoms with E-state index in [1.807, 2.05) is 37.2 Å². The number of carbonyl (C=O) groups is 1. The standard InChI is InChI=1S/C19H24N2O3/c1-21(2)13-14-5-4-6-16(11-14)19(23)20-12-18(22)15-7-9-17(24-3)10-8-15/h4-11,18,22H,12-13H2,1-3H3,(H,20,23). The van der Waals surface area contributed by atoms with Gasteiger partial charge in [0.05, 0.1) is 13.2 Å². The van der Waals surface area contributed by atoms with Crippen molar-refractivity contribution in [3.63, 3.8) is 0 Å². The molecule has 5 heteroatoms. The fourth-order valence-electron chi connectivity index (χ4n) is 2.41. The maximum absolute atomic E-state index is 12.3. The van der Waals surface area contributed by atoms with E-state index in [1.165, 1.54) is 0 Å². The largest absolute Gasteiger partial charge is 0.497 e.